The van der Waals surface area contributed by atoms with Gasteiger partial charge in [-0.25, -0.2) is 0 Å². The summed E-state index contributed by atoms with van der Waals surface area (Å²) in [5.41, 5.74) is 6.33. The number of fused-ring (bicyclic) bond motifs is 3. The van der Waals surface area contributed by atoms with Crippen molar-refractivity contribution < 1.29 is 0 Å². The summed E-state index contributed by atoms with van der Waals surface area (Å²) < 4.78 is 0. The van der Waals surface area contributed by atoms with Crippen LogP contribution in [0.4, 0.5) is 0 Å². The molecule has 1 aliphatic carbocycles. The number of nitrogens with zero attached hydrogens (tertiary/aromatic N) is 2. The van der Waals surface area contributed by atoms with Crippen LogP contribution in [0.15, 0.2) is 65.7 Å². The molecule has 3 heteroatoms. The molecule has 0 saturated heterocycles. The highest BCUT2D eigenvalue weighted by molar-refractivity contribution is 7.98. The topological polar surface area (TPSA) is 25.8 Å². The number of aryl methyl sites for hydroxylation is 2. The molecule has 0 atom stereocenters. The van der Waals surface area contributed by atoms with Gasteiger partial charge < -0.3 is 0 Å². The zero-order valence-electron chi connectivity index (χ0n) is 12.2. The summed E-state index contributed by atoms with van der Waals surface area (Å²) in [4.78, 5) is 0. The number of hydrogen-bond acceptors (Lipinski definition) is 3. The van der Waals surface area contributed by atoms with Crippen molar-refractivity contribution in [3.8, 4) is 11.3 Å². The first-order valence-corrected chi connectivity index (χ1v) is 8.50. The van der Waals surface area contributed by atoms with Gasteiger partial charge in [-0.1, -0.05) is 66.4 Å². The first-order valence-electron chi connectivity index (χ1n) is 7.52. The molecule has 0 aliphatic heterocycles. The molecule has 1 aliphatic rings. The Kier molecular flexibility index (Phi) is 3.65. The lowest BCUT2D eigenvalue weighted by atomic mass is 9.90. The van der Waals surface area contributed by atoms with E-state index in [1.54, 1.807) is 11.8 Å². The fourth-order valence-electron chi connectivity index (χ4n) is 2.87. The molecule has 0 N–H and O–H groups in total. The summed E-state index contributed by atoms with van der Waals surface area (Å²) >= 11 is 1.75. The Balaban J connectivity index is 1.58. The van der Waals surface area contributed by atoms with Gasteiger partial charge in [0.1, 0.15) is 5.03 Å². The lowest BCUT2D eigenvalue weighted by molar-refractivity contribution is 0.855. The summed E-state index contributed by atoms with van der Waals surface area (Å²) in [7, 11) is 0. The third-order valence-electron chi connectivity index (χ3n) is 4.02. The van der Waals surface area contributed by atoms with Crippen LogP contribution in [-0.2, 0) is 18.6 Å². The molecule has 2 nitrogen and oxygen atoms in total. The molecule has 0 spiro atoms. The smallest absolute Gasteiger partial charge is 0.119 e. The van der Waals surface area contributed by atoms with E-state index < -0.39 is 0 Å². The van der Waals surface area contributed by atoms with E-state index in [0.717, 1.165) is 29.3 Å². The Morgan fingerprint density at radius 3 is 2.50 bits per heavy atom. The van der Waals surface area contributed by atoms with Crippen molar-refractivity contribution in [3.63, 3.8) is 0 Å². The van der Waals surface area contributed by atoms with Crippen LogP contribution in [-0.4, -0.2) is 10.2 Å². The van der Waals surface area contributed by atoms with Gasteiger partial charge in [-0.3, -0.25) is 0 Å². The van der Waals surface area contributed by atoms with Crippen LogP contribution >= 0.6 is 11.8 Å². The highest BCUT2D eigenvalue weighted by atomic mass is 32.2. The molecule has 0 amide bonds. The minimum atomic E-state index is 0.935. The van der Waals surface area contributed by atoms with Crippen LogP contribution in [0.25, 0.3) is 11.3 Å². The van der Waals surface area contributed by atoms with Gasteiger partial charge in [0.05, 0.1) is 5.69 Å². The largest absolute Gasteiger partial charge is 0.149 e. The number of aromatic nitrogens is 2. The van der Waals surface area contributed by atoms with Crippen LogP contribution < -0.4 is 0 Å². The molecule has 22 heavy (non-hydrogen) atoms. The van der Waals surface area contributed by atoms with Crippen molar-refractivity contribution in [1.29, 1.82) is 0 Å². The van der Waals surface area contributed by atoms with Gasteiger partial charge in [-0.05, 0) is 35.6 Å². The predicted molar refractivity (Wildman–Crippen MR) is 90.9 cm³/mol. The van der Waals surface area contributed by atoms with E-state index in [2.05, 4.69) is 64.8 Å². The van der Waals surface area contributed by atoms with E-state index in [0.29, 0.717) is 0 Å². The lowest BCUT2D eigenvalue weighted by Crippen LogP contribution is -2.07. The van der Waals surface area contributed by atoms with Crippen LogP contribution in [0.3, 0.4) is 0 Å². The fraction of sp³-hybridized carbons (Fsp3) is 0.158. The van der Waals surface area contributed by atoms with Crippen molar-refractivity contribution in [2.45, 2.75) is 23.6 Å². The van der Waals surface area contributed by atoms with Gasteiger partial charge in [0.15, 0.2) is 0 Å². The zero-order chi connectivity index (χ0) is 14.8. The first kappa shape index (κ1) is 13.5. The molecule has 1 heterocycles. The molecular weight excluding hydrogens is 288 g/mol. The fourth-order valence-corrected chi connectivity index (χ4v) is 3.70. The second-order valence-corrected chi connectivity index (χ2v) is 6.48. The molecule has 0 radical (unpaired) electrons. The minimum Gasteiger partial charge on any atom is -0.149 e. The van der Waals surface area contributed by atoms with E-state index in [1.807, 2.05) is 6.07 Å². The summed E-state index contributed by atoms with van der Waals surface area (Å²) in [6.07, 6.45) is 2.15. The van der Waals surface area contributed by atoms with Gasteiger partial charge in [0.2, 0.25) is 0 Å². The molecule has 3 aromatic rings. The van der Waals surface area contributed by atoms with Crippen molar-refractivity contribution in [3.05, 3.63) is 77.4 Å². The summed E-state index contributed by atoms with van der Waals surface area (Å²) in [5.74, 6) is 0.935. The third-order valence-corrected chi connectivity index (χ3v) is 4.99. The maximum absolute atomic E-state index is 4.50. The molecule has 2 aromatic carbocycles. The van der Waals surface area contributed by atoms with Crippen molar-refractivity contribution in [1.82, 2.24) is 10.2 Å². The average Bonchev–Trinajstić information content (AvgIpc) is 2.60. The van der Waals surface area contributed by atoms with E-state index in [4.69, 9.17) is 0 Å². The summed E-state index contributed by atoms with van der Waals surface area (Å²) in [5, 5.41) is 9.94. The SMILES string of the molecule is c1ccc(CSc2cc3c(nn2)-c2ccccc2CC3)cc1. The Morgan fingerprint density at radius 2 is 1.59 bits per heavy atom. The van der Waals surface area contributed by atoms with Gasteiger partial charge >= 0.3 is 0 Å². The zero-order valence-corrected chi connectivity index (χ0v) is 13.0. The normalized spacial score (nSPS) is 12.5. The molecular formula is C19H16N2S. The van der Waals surface area contributed by atoms with Gasteiger partial charge in [0.25, 0.3) is 0 Å². The Morgan fingerprint density at radius 1 is 0.818 bits per heavy atom. The second kappa shape index (κ2) is 5.93. The standard InChI is InChI=1S/C19H16N2S/c1-2-6-14(7-3-1)13-22-18-12-16-11-10-15-8-4-5-9-17(15)19(16)21-20-18/h1-9,12H,10-11,13H2. The highest BCUT2D eigenvalue weighted by Gasteiger charge is 2.18. The highest BCUT2D eigenvalue weighted by Crippen LogP contribution is 2.33. The van der Waals surface area contributed by atoms with E-state index >= 15 is 0 Å². The van der Waals surface area contributed by atoms with Crippen molar-refractivity contribution in [2.24, 2.45) is 0 Å². The number of hydrogen-bond donors (Lipinski definition) is 0. The van der Waals surface area contributed by atoms with Gasteiger partial charge in [-0.15, -0.1) is 10.2 Å². The monoisotopic (exact) mass is 304 g/mol. The Bertz CT molecular complexity index is 800. The summed E-state index contributed by atoms with van der Waals surface area (Å²) in [6, 6.07) is 21.2. The Hall–Kier alpha value is -2.13. The molecule has 1 aromatic heterocycles. The number of thioether (sulfide) groups is 1. The predicted octanol–water partition coefficient (Wildman–Crippen LogP) is 4.53. The van der Waals surface area contributed by atoms with Gasteiger partial charge in [-0.2, -0.15) is 0 Å². The first-order chi connectivity index (χ1) is 10.9. The maximum Gasteiger partial charge on any atom is 0.119 e. The maximum atomic E-state index is 4.50. The second-order valence-electron chi connectivity index (χ2n) is 5.49. The van der Waals surface area contributed by atoms with Crippen LogP contribution in [0.5, 0.6) is 0 Å². The third kappa shape index (κ3) is 2.64. The van der Waals surface area contributed by atoms with Gasteiger partial charge in [0, 0.05) is 11.3 Å². The van der Waals surface area contributed by atoms with Crippen LogP contribution in [0, 0.1) is 0 Å². The quantitative estimate of drug-likeness (QED) is 0.665. The molecule has 108 valence electrons. The minimum absolute atomic E-state index is 0.935. The van der Waals surface area contributed by atoms with E-state index in [-0.39, 0.29) is 0 Å². The molecule has 0 saturated carbocycles. The van der Waals surface area contributed by atoms with Crippen molar-refractivity contribution in [2.75, 3.05) is 0 Å². The van der Waals surface area contributed by atoms with Crippen LogP contribution in [0.2, 0.25) is 0 Å². The molecule has 0 bridgehead atoms. The molecule has 0 fully saturated rings. The van der Waals surface area contributed by atoms with Crippen LogP contribution in [0.1, 0.15) is 16.7 Å². The molecule has 4 rings (SSSR count). The lowest BCUT2D eigenvalue weighted by Gasteiger charge is -2.18. The number of benzene rings is 2. The Labute approximate surface area is 134 Å². The summed E-state index contributed by atoms with van der Waals surface area (Å²) in [6.45, 7) is 0. The molecule has 0 unspecified atom stereocenters. The van der Waals surface area contributed by atoms with E-state index in [1.165, 1.54) is 22.3 Å². The van der Waals surface area contributed by atoms with E-state index in [9.17, 15) is 0 Å². The van der Waals surface area contributed by atoms with Crippen molar-refractivity contribution >= 4 is 11.8 Å². The number of rotatable bonds is 3. The average molecular weight is 304 g/mol.